The molecule has 3 rings (SSSR count). The quantitative estimate of drug-likeness (QED) is 0.933. The van der Waals surface area contributed by atoms with Crippen molar-refractivity contribution in [1.29, 1.82) is 0 Å². The highest BCUT2D eigenvalue weighted by atomic mass is 35.5. The molecular formula is C16H19ClFNO. The van der Waals surface area contributed by atoms with Gasteiger partial charge in [-0.15, -0.1) is 12.4 Å². The van der Waals surface area contributed by atoms with Crippen molar-refractivity contribution in [2.75, 3.05) is 13.1 Å². The van der Waals surface area contributed by atoms with Gasteiger partial charge in [0.2, 0.25) is 0 Å². The highest BCUT2D eigenvalue weighted by Crippen LogP contribution is 2.22. The second-order valence-electron chi connectivity index (χ2n) is 5.02. The lowest BCUT2D eigenvalue weighted by Gasteiger charge is -2.23. The van der Waals surface area contributed by atoms with Gasteiger partial charge in [0, 0.05) is 10.9 Å². The maximum absolute atomic E-state index is 14.3. The van der Waals surface area contributed by atoms with E-state index in [1.807, 2.05) is 36.4 Å². The van der Waals surface area contributed by atoms with Crippen LogP contribution in [0.25, 0.3) is 10.8 Å². The van der Waals surface area contributed by atoms with Crippen LogP contribution in [0.3, 0.4) is 0 Å². The molecule has 0 aromatic heterocycles. The number of halogens is 2. The molecule has 1 aliphatic heterocycles. The smallest absolute Gasteiger partial charge is 0.136 e. The summed E-state index contributed by atoms with van der Waals surface area (Å²) in [4.78, 5) is 0. The van der Waals surface area contributed by atoms with Crippen LogP contribution in [0.15, 0.2) is 36.4 Å². The van der Waals surface area contributed by atoms with Gasteiger partial charge >= 0.3 is 0 Å². The zero-order valence-corrected chi connectivity index (χ0v) is 12.1. The molecule has 0 radical (unpaired) electrons. The molecule has 0 saturated carbocycles. The molecule has 20 heavy (non-hydrogen) atoms. The molecule has 0 unspecified atom stereocenters. The van der Waals surface area contributed by atoms with Crippen LogP contribution >= 0.6 is 12.4 Å². The van der Waals surface area contributed by atoms with E-state index in [1.54, 1.807) is 0 Å². The molecule has 108 valence electrons. The molecule has 2 aromatic rings. The Balaban J connectivity index is 0.00000147. The van der Waals surface area contributed by atoms with Crippen LogP contribution in [0.2, 0.25) is 0 Å². The fourth-order valence-corrected chi connectivity index (χ4v) is 2.56. The first-order valence-corrected chi connectivity index (χ1v) is 6.83. The molecular weight excluding hydrogens is 277 g/mol. The summed E-state index contributed by atoms with van der Waals surface area (Å²) in [6.07, 6.45) is 2.27. The van der Waals surface area contributed by atoms with Crippen LogP contribution < -0.4 is 5.32 Å². The minimum absolute atomic E-state index is 0. The summed E-state index contributed by atoms with van der Waals surface area (Å²) in [7, 11) is 0. The van der Waals surface area contributed by atoms with E-state index in [9.17, 15) is 4.39 Å². The minimum atomic E-state index is -0.146. The van der Waals surface area contributed by atoms with Crippen molar-refractivity contribution in [3.05, 3.63) is 47.8 Å². The first kappa shape index (κ1) is 15.2. The van der Waals surface area contributed by atoms with E-state index < -0.39 is 0 Å². The fraction of sp³-hybridized carbons (Fsp3) is 0.375. The molecule has 0 amide bonds. The SMILES string of the molecule is Cl.Fc1c(COC2CCNCC2)ccc2ccccc12. The largest absolute Gasteiger partial charge is 0.373 e. The topological polar surface area (TPSA) is 21.3 Å². The van der Waals surface area contributed by atoms with Crippen molar-refractivity contribution in [3.63, 3.8) is 0 Å². The summed E-state index contributed by atoms with van der Waals surface area (Å²) in [6.45, 7) is 2.34. The van der Waals surface area contributed by atoms with Gasteiger partial charge in [0.1, 0.15) is 5.82 Å². The van der Waals surface area contributed by atoms with Crippen LogP contribution in [0.1, 0.15) is 18.4 Å². The molecule has 0 spiro atoms. The normalized spacial score (nSPS) is 16.1. The maximum Gasteiger partial charge on any atom is 0.136 e. The molecule has 1 heterocycles. The lowest BCUT2D eigenvalue weighted by Crippen LogP contribution is -2.32. The zero-order chi connectivity index (χ0) is 13.1. The van der Waals surface area contributed by atoms with Crippen LogP contribution in [0.4, 0.5) is 4.39 Å². The van der Waals surface area contributed by atoms with Crippen molar-refractivity contribution < 1.29 is 9.13 Å². The first-order valence-electron chi connectivity index (χ1n) is 6.83. The number of ether oxygens (including phenoxy) is 1. The average molecular weight is 296 g/mol. The van der Waals surface area contributed by atoms with Crippen molar-refractivity contribution >= 4 is 23.2 Å². The van der Waals surface area contributed by atoms with E-state index in [0.29, 0.717) is 17.6 Å². The van der Waals surface area contributed by atoms with E-state index in [4.69, 9.17) is 4.74 Å². The number of hydrogen-bond donors (Lipinski definition) is 1. The zero-order valence-electron chi connectivity index (χ0n) is 11.3. The van der Waals surface area contributed by atoms with Gasteiger partial charge in [-0.05, 0) is 31.3 Å². The molecule has 1 N–H and O–H groups in total. The summed E-state index contributed by atoms with van der Waals surface area (Å²) >= 11 is 0. The van der Waals surface area contributed by atoms with E-state index in [2.05, 4.69) is 5.32 Å². The maximum atomic E-state index is 14.3. The number of piperidine rings is 1. The first-order chi connectivity index (χ1) is 9.34. The van der Waals surface area contributed by atoms with Crippen LogP contribution in [-0.2, 0) is 11.3 Å². The monoisotopic (exact) mass is 295 g/mol. The van der Waals surface area contributed by atoms with Gasteiger partial charge in [-0.25, -0.2) is 4.39 Å². The highest BCUT2D eigenvalue weighted by Gasteiger charge is 2.14. The van der Waals surface area contributed by atoms with Gasteiger partial charge in [-0.2, -0.15) is 0 Å². The number of nitrogens with one attached hydrogen (secondary N) is 1. The Morgan fingerprint density at radius 3 is 2.65 bits per heavy atom. The van der Waals surface area contributed by atoms with Crippen LogP contribution in [0.5, 0.6) is 0 Å². The third-order valence-corrected chi connectivity index (χ3v) is 3.70. The molecule has 0 bridgehead atoms. The summed E-state index contributed by atoms with van der Waals surface area (Å²) in [5, 5.41) is 4.91. The Morgan fingerprint density at radius 1 is 1.10 bits per heavy atom. The third-order valence-electron chi connectivity index (χ3n) is 3.70. The van der Waals surface area contributed by atoms with E-state index in [-0.39, 0.29) is 24.3 Å². The average Bonchev–Trinajstić information content (AvgIpc) is 2.48. The van der Waals surface area contributed by atoms with Gasteiger partial charge < -0.3 is 10.1 Å². The molecule has 1 fully saturated rings. The van der Waals surface area contributed by atoms with E-state index >= 15 is 0 Å². The Labute approximate surface area is 124 Å². The van der Waals surface area contributed by atoms with Gasteiger partial charge in [0.05, 0.1) is 12.7 Å². The lowest BCUT2D eigenvalue weighted by molar-refractivity contribution is 0.0200. The predicted molar refractivity (Wildman–Crippen MR) is 81.8 cm³/mol. The highest BCUT2D eigenvalue weighted by molar-refractivity contribution is 5.85. The predicted octanol–water partition coefficient (Wildman–Crippen LogP) is 3.67. The third kappa shape index (κ3) is 3.29. The van der Waals surface area contributed by atoms with E-state index in [1.165, 1.54) is 0 Å². The number of fused-ring (bicyclic) bond motifs is 1. The van der Waals surface area contributed by atoms with Crippen molar-refractivity contribution in [2.24, 2.45) is 0 Å². The number of hydrogen-bond acceptors (Lipinski definition) is 2. The molecule has 2 nitrogen and oxygen atoms in total. The van der Waals surface area contributed by atoms with Crippen LogP contribution in [0, 0.1) is 5.82 Å². The Hall–Kier alpha value is -1.16. The molecule has 1 saturated heterocycles. The summed E-state index contributed by atoms with van der Waals surface area (Å²) < 4.78 is 20.1. The van der Waals surface area contributed by atoms with Crippen molar-refractivity contribution in [2.45, 2.75) is 25.6 Å². The van der Waals surface area contributed by atoms with Gasteiger partial charge in [-0.1, -0.05) is 36.4 Å². The fourth-order valence-electron chi connectivity index (χ4n) is 2.56. The van der Waals surface area contributed by atoms with Crippen molar-refractivity contribution in [3.8, 4) is 0 Å². The lowest BCUT2D eigenvalue weighted by atomic mass is 10.1. The molecule has 0 aliphatic carbocycles. The second-order valence-corrected chi connectivity index (χ2v) is 5.02. The van der Waals surface area contributed by atoms with E-state index in [0.717, 1.165) is 31.3 Å². The summed E-state index contributed by atoms with van der Waals surface area (Å²) in [5.41, 5.74) is 0.650. The van der Waals surface area contributed by atoms with Gasteiger partial charge in [0.15, 0.2) is 0 Å². The molecule has 2 aromatic carbocycles. The Bertz CT molecular complexity index is 569. The summed E-state index contributed by atoms with van der Waals surface area (Å²) in [6, 6.07) is 11.3. The second kappa shape index (κ2) is 7.02. The molecule has 1 aliphatic rings. The Kier molecular flexibility index (Phi) is 5.35. The Morgan fingerprint density at radius 2 is 1.85 bits per heavy atom. The van der Waals surface area contributed by atoms with Gasteiger partial charge in [-0.3, -0.25) is 0 Å². The summed E-state index contributed by atoms with van der Waals surface area (Å²) in [5.74, 6) is -0.146. The van der Waals surface area contributed by atoms with Crippen molar-refractivity contribution in [1.82, 2.24) is 5.32 Å². The number of rotatable bonds is 3. The van der Waals surface area contributed by atoms with Gasteiger partial charge in [0.25, 0.3) is 0 Å². The molecule has 0 atom stereocenters. The molecule has 4 heteroatoms. The standard InChI is InChI=1S/C16H18FNO.ClH/c17-16-13(11-19-14-7-9-18-10-8-14)6-5-12-3-1-2-4-15(12)16;/h1-6,14,18H,7-11H2;1H. The minimum Gasteiger partial charge on any atom is -0.373 e. The number of benzene rings is 2. The van der Waals surface area contributed by atoms with Crippen LogP contribution in [-0.4, -0.2) is 19.2 Å².